The van der Waals surface area contributed by atoms with Gasteiger partial charge in [0.05, 0.1) is 17.0 Å². The molecule has 2 aromatic carbocycles. The lowest BCUT2D eigenvalue weighted by Crippen LogP contribution is -2.44. The van der Waals surface area contributed by atoms with E-state index in [0.717, 1.165) is 18.6 Å². The van der Waals surface area contributed by atoms with Crippen LogP contribution in [0.5, 0.6) is 0 Å². The number of anilines is 1. The molecule has 1 atom stereocenters. The zero-order valence-electron chi connectivity index (χ0n) is 15.6. The maximum Gasteiger partial charge on any atom is 0.252 e. The van der Waals surface area contributed by atoms with Crippen molar-refractivity contribution in [3.8, 4) is 0 Å². The van der Waals surface area contributed by atoms with E-state index in [1.807, 2.05) is 17.5 Å². The van der Waals surface area contributed by atoms with E-state index in [2.05, 4.69) is 15.9 Å². The minimum Gasteiger partial charge on any atom is -0.274 e. The third kappa shape index (κ3) is 3.98. The highest BCUT2D eigenvalue weighted by atomic mass is 79.9. The first-order chi connectivity index (χ1) is 14.4. The standard InChI is InChI=1S/C21H17BrN2O4S2/c22-15-8-10-16(11-9-15)24-20(25)13-19(21(24)26)23(14-17-5-4-12-29-17)30(27,28)18-6-2-1-3-7-18/h1-12,19H,13-14H2. The van der Waals surface area contributed by atoms with Crippen LogP contribution in [-0.2, 0) is 26.2 Å². The van der Waals surface area contributed by atoms with Crippen molar-refractivity contribution in [3.63, 3.8) is 0 Å². The van der Waals surface area contributed by atoms with Gasteiger partial charge in [-0.2, -0.15) is 4.31 Å². The Labute approximate surface area is 186 Å². The first-order valence-corrected chi connectivity index (χ1v) is 12.2. The summed E-state index contributed by atoms with van der Waals surface area (Å²) in [6.07, 6.45) is -0.202. The Morgan fingerprint density at radius 2 is 1.70 bits per heavy atom. The number of carbonyl (C=O) groups excluding carboxylic acids is 2. The highest BCUT2D eigenvalue weighted by Crippen LogP contribution is 2.31. The molecule has 9 heteroatoms. The number of hydrogen-bond acceptors (Lipinski definition) is 5. The number of amides is 2. The molecule has 0 spiro atoms. The third-order valence-electron chi connectivity index (χ3n) is 4.80. The first kappa shape index (κ1) is 20.9. The molecule has 4 rings (SSSR count). The van der Waals surface area contributed by atoms with Crippen molar-refractivity contribution in [1.29, 1.82) is 0 Å². The SMILES string of the molecule is O=C1CC(N(Cc2cccs2)S(=O)(=O)c2ccccc2)C(=O)N1c1ccc(Br)cc1. The molecule has 1 aliphatic heterocycles. The van der Waals surface area contributed by atoms with Crippen LogP contribution in [0.3, 0.4) is 0 Å². The van der Waals surface area contributed by atoms with Crippen LogP contribution in [0.1, 0.15) is 11.3 Å². The van der Waals surface area contributed by atoms with Crippen molar-refractivity contribution in [1.82, 2.24) is 4.31 Å². The molecule has 0 bridgehead atoms. The second-order valence-corrected chi connectivity index (χ2v) is 10.5. The molecular formula is C21H17BrN2O4S2. The summed E-state index contributed by atoms with van der Waals surface area (Å²) in [5, 5.41) is 1.85. The van der Waals surface area contributed by atoms with Gasteiger partial charge in [-0.05, 0) is 47.8 Å². The summed E-state index contributed by atoms with van der Waals surface area (Å²) >= 11 is 4.73. The van der Waals surface area contributed by atoms with Crippen LogP contribution < -0.4 is 4.90 Å². The molecule has 1 unspecified atom stereocenters. The Morgan fingerprint density at radius 3 is 2.33 bits per heavy atom. The summed E-state index contributed by atoms with van der Waals surface area (Å²) in [4.78, 5) is 27.9. The fourth-order valence-electron chi connectivity index (χ4n) is 3.35. The molecule has 0 aliphatic carbocycles. The second-order valence-electron chi connectivity index (χ2n) is 6.71. The fourth-order valence-corrected chi connectivity index (χ4v) is 5.98. The average Bonchev–Trinajstić information content (AvgIpc) is 3.35. The second kappa shape index (κ2) is 8.43. The topological polar surface area (TPSA) is 74.8 Å². The zero-order chi connectivity index (χ0) is 21.3. The summed E-state index contributed by atoms with van der Waals surface area (Å²) in [5.41, 5.74) is 0.420. The number of imide groups is 1. The van der Waals surface area contributed by atoms with E-state index in [1.54, 1.807) is 42.5 Å². The van der Waals surface area contributed by atoms with E-state index >= 15 is 0 Å². The molecule has 0 radical (unpaired) electrons. The van der Waals surface area contributed by atoms with Crippen LogP contribution in [0.2, 0.25) is 0 Å². The minimum atomic E-state index is -4.00. The van der Waals surface area contributed by atoms with Crippen molar-refractivity contribution >= 4 is 54.8 Å². The zero-order valence-corrected chi connectivity index (χ0v) is 18.9. The monoisotopic (exact) mass is 504 g/mol. The van der Waals surface area contributed by atoms with Crippen LogP contribution in [0.4, 0.5) is 5.69 Å². The van der Waals surface area contributed by atoms with Gasteiger partial charge in [0.15, 0.2) is 0 Å². The van der Waals surface area contributed by atoms with E-state index in [0.29, 0.717) is 5.69 Å². The van der Waals surface area contributed by atoms with Crippen molar-refractivity contribution in [2.75, 3.05) is 4.90 Å². The summed E-state index contributed by atoms with van der Waals surface area (Å²) in [6, 6.07) is 17.3. The van der Waals surface area contributed by atoms with Crippen molar-refractivity contribution in [2.45, 2.75) is 23.9 Å². The average molecular weight is 505 g/mol. The fraction of sp³-hybridized carbons (Fsp3) is 0.143. The van der Waals surface area contributed by atoms with Gasteiger partial charge in [0, 0.05) is 15.9 Å². The molecule has 3 aromatic rings. The third-order valence-corrected chi connectivity index (χ3v) is 8.06. The van der Waals surface area contributed by atoms with Gasteiger partial charge in [0.2, 0.25) is 15.9 Å². The van der Waals surface area contributed by atoms with Gasteiger partial charge in [0.25, 0.3) is 5.91 Å². The van der Waals surface area contributed by atoms with E-state index < -0.39 is 27.9 Å². The minimum absolute atomic E-state index is 0.0206. The number of sulfonamides is 1. The molecule has 1 aromatic heterocycles. The molecular weight excluding hydrogens is 488 g/mol. The molecule has 1 saturated heterocycles. The Bertz CT molecular complexity index is 1160. The lowest BCUT2D eigenvalue weighted by molar-refractivity contribution is -0.122. The van der Waals surface area contributed by atoms with Crippen molar-refractivity contribution in [2.24, 2.45) is 0 Å². The molecule has 2 amide bonds. The molecule has 1 fully saturated rings. The summed E-state index contributed by atoms with van der Waals surface area (Å²) < 4.78 is 28.8. The summed E-state index contributed by atoms with van der Waals surface area (Å²) in [5.74, 6) is -0.967. The number of benzene rings is 2. The molecule has 0 N–H and O–H groups in total. The molecule has 2 heterocycles. The van der Waals surface area contributed by atoms with Gasteiger partial charge in [-0.3, -0.25) is 9.59 Å². The molecule has 6 nitrogen and oxygen atoms in total. The molecule has 154 valence electrons. The highest BCUT2D eigenvalue weighted by molar-refractivity contribution is 9.10. The number of thiophene rings is 1. The summed E-state index contributed by atoms with van der Waals surface area (Å²) in [6.45, 7) is 0.0206. The first-order valence-electron chi connectivity index (χ1n) is 9.09. The van der Waals surface area contributed by atoms with Crippen LogP contribution in [0.25, 0.3) is 0 Å². The van der Waals surface area contributed by atoms with E-state index in [-0.39, 0.29) is 17.9 Å². The van der Waals surface area contributed by atoms with Crippen LogP contribution in [0, 0.1) is 0 Å². The molecule has 0 saturated carbocycles. The van der Waals surface area contributed by atoms with Crippen LogP contribution in [-0.4, -0.2) is 30.6 Å². The van der Waals surface area contributed by atoms with Crippen LogP contribution in [0.15, 0.2) is 81.5 Å². The maximum atomic E-state index is 13.4. The highest BCUT2D eigenvalue weighted by Gasteiger charge is 2.47. The van der Waals surface area contributed by atoms with Gasteiger partial charge >= 0.3 is 0 Å². The predicted octanol–water partition coefficient (Wildman–Crippen LogP) is 4.03. The van der Waals surface area contributed by atoms with Crippen LogP contribution >= 0.6 is 27.3 Å². The van der Waals surface area contributed by atoms with Gasteiger partial charge in [0.1, 0.15) is 6.04 Å². The lowest BCUT2D eigenvalue weighted by Gasteiger charge is -2.26. The smallest absolute Gasteiger partial charge is 0.252 e. The number of rotatable bonds is 6. The van der Waals surface area contributed by atoms with E-state index in [4.69, 9.17) is 0 Å². The van der Waals surface area contributed by atoms with E-state index in [1.165, 1.54) is 23.5 Å². The molecule has 30 heavy (non-hydrogen) atoms. The number of nitrogens with zero attached hydrogens (tertiary/aromatic N) is 2. The van der Waals surface area contributed by atoms with Crippen molar-refractivity contribution in [3.05, 3.63) is 81.5 Å². The van der Waals surface area contributed by atoms with Gasteiger partial charge in [-0.1, -0.05) is 40.2 Å². The van der Waals surface area contributed by atoms with E-state index in [9.17, 15) is 18.0 Å². The van der Waals surface area contributed by atoms with Gasteiger partial charge < -0.3 is 0 Å². The number of hydrogen-bond donors (Lipinski definition) is 0. The predicted molar refractivity (Wildman–Crippen MR) is 119 cm³/mol. The maximum absolute atomic E-state index is 13.4. The summed E-state index contributed by atoms with van der Waals surface area (Å²) in [7, 11) is -4.00. The Hall–Kier alpha value is -2.33. The van der Waals surface area contributed by atoms with Crippen molar-refractivity contribution < 1.29 is 18.0 Å². The van der Waals surface area contributed by atoms with Gasteiger partial charge in [-0.15, -0.1) is 11.3 Å². The normalized spacial score (nSPS) is 17.1. The largest absolute Gasteiger partial charge is 0.274 e. The molecule has 1 aliphatic rings. The number of carbonyl (C=O) groups is 2. The quantitative estimate of drug-likeness (QED) is 0.474. The Morgan fingerprint density at radius 1 is 1.00 bits per heavy atom. The number of halogens is 1. The van der Waals surface area contributed by atoms with Gasteiger partial charge in [-0.25, -0.2) is 13.3 Å². The lowest BCUT2D eigenvalue weighted by atomic mass is 10.2. The Kier molecular flexibility index (Phi) is 5.88. The Balaban J connectivity index is 1.73.